The minimum atomic E-state index is -0.0150. The molecule has 0 N–H and O–H groups in total. The van der Waals surface area contributed by atoms with Crippen molar-refractivity contribution in [3.63, 3.8) is 0 Å². The number of furan rings is 1. The molecule has 4 heterocycles. The van der Waals surface area contributed by atoms with Gasteiger partial charge in [0.2, 0.25) is 0 Å². The Kier molecular flexibility index (Phi) is 8.13. The lowest BCUT2D eigenvalue weighted by molar-refractivity contribution is 0.590. The van der Waals surface area contributed by atoms with Gasteiger partial charge in [0, 0.05) is 49.4 Å². The van der Waals surface area contributed by atoms with Gasteiger partial charge in [0.25, 0.3) is 6.71 Å². The molecule has 0 radical (unpaired) electrons. The van der Waals surface area contributed by atoms with E-state index in [0.717, 1.165) is 11.2 Å². The number of fused-ring (bicyclic) bond motifs is 10. The van der Waals surface area contributed by atoms with Gasteiger partial charge in [-0.1, -0.05) is 138 Å². The summed E-state index contributed by atoms with van der Waals surface area (Å²) < 4.78 is 9.48. The third kappa shape index (κ3) is 5.90. The zero-order valence-electron chi connectivity index (χ0n) is 36.8. The largest absolute Gasteiger partial charge is 0.455 e. The van der Waals surface area contributed by atoms with Crippen molar-refractivity contribution >= 4 is 99.9 Å². The van der Waals surface area contributed by atoms with E-state index in [1.165, 1.54) is 92.9 Å². The van der Waals surface area contributed by atoms with Gasteiger partial charge in [0.1, 0.15) is 5.58 Å². The highest BCUT2D eigenvalue weighted by Gasteiger charge is 2.46. The Morgan fingerprint density at radius 3 is 1.58 bits per heavy atom. The smallest absolute Gasteiger partial charge is 0.264 e. The van der Waals surface area contributed by atoms with E-state index in [4.69, 9.17) is 4.42 Å². The summed E-state index contributed by atoms with van der Waals surface area (Å²) in [5.74, 6) is 0. The SMILES string of the molecule is CC(C)(C)c1ccc(N2c3ccc(C(C)(C)C)cc3B3c4sc5c(ccc6c7cc(C(C)(C)C)ccc7oc65)c4N(c4ccc(C(C)(C)C)cc4)c4cccc2c43)cc1. The molecular formula is C54H55BN2OS. The average Bonchev–Trinajstić information content (AvgIpc) is 3.75. The van der Waals surface area contributed by atoms with Crippen molar-refractivity contribution in [3.05, 3.63) is 138 Å². The topological polar surface area (TPSA) is 19.6 Å². The molecule has 10 rings (SSSR count). The van der Waals surface area contributed by atoms with Gasteiger partial charge >= 0.3 is 0 Å². The zero-order valence-corrected chi connectivity index (χ0v) is 37.6. The molecular weight excluding hydrogens is 735 g/mol. The van der Waals surface area contributed by atoms with Crippen molar-refractivity contribution in [1.82, 2.24) is 0 Å². The van der Waals surface area contributed by atoms with Gasteiger partial charge in [0.05, 0.1) is 10.4 Å². The van der Waals surface area contributed by atoms with Crippen molar-refractivity contribution in [1.29, 1.82) is 0 Å². The summed E-state index contributed by atoms with van der Waals surface area (Å²) in [5, 5.41) is 3.60. The Hall–Kier alpha value is -5.26. The Balaban J connectivity index is 1.29. The highest BCUT2D eigenvalue weighted by atomic mass is 32.1. The summed E-state index contributed by atoms with van der Waals surface area (Å²) in [6.07, 6.45) is 0. The van der Waals surface area contributed by atoms with E-state index < -0.39 is 0 Å². The minimum Gasteiger partial charge on any atom is -0.455 e. The van der Waals surface area contributed by atoms with E-state index in [9.17, 15) is 0 Å². The summed E-state index contributed by atoms with van der Waals surface area (Å²) in [4.78, 5) is 5.08. The Morgan fingerprint density at radius 2 is 0.983 bits per heavy atom. The van der Waals surface area contributed by atoms with Crippen LogP contribution in [-0.2, 0) is 21.7 Å². The van der Waals surface area contributed by atoms with E-state index in [1.54, 1.807) is 0 Å². The highest BCUT2D eigenvalue weighted by molar-refractivity contribution is 7.34. The van der Waals surface area contributed by atoms with Crippen LogP contribution in [0.4, 0.5) is 34.1 Å². The molecule has 3 nitrogen and oxygen atoms in total. The molecule has 0 bridgehead atoms. The van der Waals surface area contributed by atoms with E-state index in [1.807, 2.05) is 11.3 Å². The molecule has 0 atom stereocenters. The average molecular weight is 791 g/mol. The number of hydrogen-bond donors (Lipinski definition) is 0. The standard InChI is InChI=1S/C54H55BN2OS/c1-51(2,3)32-16-22-36(23-17-32)56-42-28-20-35(54(10,11)12)31-41(42)55-46-43(56)14-13-15-44(46)57(37-24-18-33(19-25-37)52(4,5)6)47-39-27-26-38-40-30-34(53(7,8)9)21-29-45(40)58-48(38)49(39)59-50(47)55/h13-31H,1-12H3. The predicted molar refractivity (Wildman–Crippen MR) is 258 cm³/mol. The predicted octanol–water partition coefficient (Wildman–Crippen LogP) is 14.1. The van der Waals surface area contributed by atoms with Crippen LogP contribution < -0.4 is 25.5 Å². The summed E-state index contributed by atoms with van der Waals surface area (Å²) in [7, 11) is 0. The molecule has 59 heavy (non-hydrogen) atoms. The number of hydrogen-bond acceptors (Lipinski definition) is 4. The van der Waals surface area contributed by atoms with Gasteiger partial charge in [-0.3, -0.25) is 0 Å². The first-order chi connectivity index (χ1) is 27.8. The van der Waals surface area contributed by atoms with Crippen LogP contribution in [0, 0.1) is 0 Å². The molecule has 6 aromatic carbocycles. The van der Waals surface area contributed by atoms with Crippen LogP contribution in [0.2, 0.25) is 0 Å². The van der Waals surface area contributed by atoms with E-state index in [-0.39, 0.29) is 28.4 Å². The lowest BCUT2D eigenvalue weighted by Crippen LogP contribution is -2.60. The van der Waals surface area contributed by atoms with Gasteiger partial charge in [-0.05, 0) is 116 Å². The number of anilines is 6. The van der Waals surface area contributed by atoms with Gasteiger partial charge in [-0.2, -0.15) is 0 Å². The van der Waals surface area contributed by atoms with E-state index >= 15 is 0 Å². The maximum atomic E-state index is 6.91. The molecule has 0 amide bonds. The van der Waals surface area contributed by atoms with E-state index in [0.29, 0.717) is 0 Å². The second kappa shape index (κ2) is 12.6. The summed E-state index contributed by atoms with van der Waals surface area (Å²) in [6.45, 7) is 27.6. The van der Waals surface area contributed by atoms with Gasteiger partial charge in [-0.15, -0.1) is 11.3 Å². The highest BCUT2D eigenvalue weighted by Crippen LogP contribution is 2.50. The summed E-state index contributed by atoms with van der Waals surface area (Å²) in [6, 6.07) is 44.2. The maximum Gasteiger partial charge on any atom is 0.264 e. The van der Waals surface area contributed by atoms with Crippen molar-refractivity contribution in [3.8, 4) is 0 Å². The van der Waals surface area contributed by atoms with Gasteiger partial charge in [0.15, 0.2) is 5.58 Å². The fraction of sp³-hybridized carbons (Fsp3) is 0.296. The Bertz CT molecular complexity index is 2980. The lowest BCUT2D eigenvalue weighted by atomic mass is 9.36. The fourth-order valence-electron chi connectivity index (χ4n) is 9.42. The summed E-state index contributed by atoms with van der Waals surface area (Å²) in [5.41, 5.74) is 17.4. The molecule has 0 fully saturated rings. The van der Waals surface area contributed by atoms with Crippen molar-refractivity contribution in [2.45, 2.75) is 105 Å². The first-order valence-corrected chi connectivity index (χ1v) is 22.1. The molecule has 8 aromatic rings. The quantitative estimate of drug-likeness (QED) is 0.163. The normalized spacial score (nSPS) is 14.3. The van der Waals surface area contributed by atoms with Crippen molar-refractivity contribution in [2.75, 3.05) is 9.80 Å². The summed E-state index contributed by atoms with van der Waals surface area (Å²) >= 11 is 1.92. The monoisotopic (exact) mass is 790 g/mol. The first-order valence-electron chi connectivity index (χ1n) is 21.3. The van der Waals surface area contributed by atoms with Crippen LogP contribution in [0.3, 0.4) is 0 Å². The Labute approximate surface area is 354 Å². The van der Waals surface area contributed by atoms with Gasteiger partial charge in [-0.25, -0.2) is 0 Å². The second-order valence-corrected chi connectivity index (χ2v) is 22.2. The molecule has 0 aliphatic carbocycles. The lowest BCUT2D eigenvalue weighted by Gasteiger charge is -2.43. The molecule has 0 saturated carbocycles. The van der Waals surface area contributed by atoms with Crippen LogP contribution in [0.15, 0.2) is 120 Å². The van der Waals surface area contributed by atoms with Crippen LogP contribution in [0.1, 0.15) is 105 Å². The van der Waals surface area contributed by atoms with Crippen LogP contribution in [0.5, 0.6) is 0 Å². The molecule has 0 saturated heterocycles. The van der Waals surface area contributed by atoms with Gasteiger partial charge < -0.3 is 14.2 Å². The van der Waals surface area contributed by atoms with Crippen molar-refractivity contribution in [2.24, 2.45) is 0 Å². The molecule has 0 spiro atoms. The Morgan fingerprint density at radius 1 is 0.475 bits per heavy atom. The molecule has 5 heteroatoms. The number of nitrogens with zero attached hydrogens (tertiary/aromatic N) is 2. The fourth-order valence-corrected chi connectivity index (χ4v) is 10.8. The molecule has 2 aromatic heterocycles. The first kappa shape index (κ1) is 38.0. The third-order valence-corrected chi connectivity index (χ3v) is 14.2. The number of rotatable bonds is 2. The zero-order chi connectivity index (χ0) is 41.6. The number of benzene rings is 6. The molecule has 296 valence electrons. The van der Waals surface area contributed by atoms with Crippen molar-refractivity contribution < 1.29 is 4.42 Å². The molecule has 2 aliphatic rings. The van der Waals surface area contributed by atoms with Crippen LogP contribution >= 0.6 is 11.3 Å². The van der Waals surface area contributed by atoms with Crippen LogP contribution in [-0.4, -0.2) is 6.71 Å². The maximum absolute atomic E-state index is 6.91. The van der Waals surface area contributed by atoms with E-state index in [2.05, 4.69) is 208 Å². The minimum absolute atomic E-state index is 0.0150. The molecule has 2 aliphatic heterocycles. The van der Waals surface area contributed by atoms with Crippen LogP contribution in [0.25, 0.3) is 32.0 Å². The number of thiophene rings is 1. The third-order valence-electron chi connectivity index (χ3n) is 12.9. The second-order valence-electron chi connectivity index (χ2n) is 21.1. The molecule has 0 unspecified atom stereocenters.